The monoisotopic (exact) mass is 482 g/mol. The second kappa shape index (κ2) is 8.55. The van der Waals surface area contributed by atoms with Crippen molar-refractivity contribution in [3.05, 3.63) is 64.8 Å². The van der Waals surface area contributed by atoms with Gasteiger partial charge in [-0.3, -0.25) is 4.79 Å². The SMILES string of the molecule is Cc1ccc2sc(NC(=O)CSc3ncnc4scc(-c5ccc(Cl)cc5)c34)nc2c1. The van der Waals surface area contributed by atoms with Crippen LogP contribution < -0.4 is 5.32 Å². The third kappa shape index (κ3) is 4.29. The third-order valence-corrected chi connectivity index (χ3v) is 7.70. The summed E-state index contributed by atoms with van der Waals surface area (Å²) in [6.07, 6.45) is 1.54. The molecule has 5 nitrogen and oxygen atoms in total. The van der Waals surface area contributed by atoms with Crippen molar-refractivity contribution < 1.29 is 4.79 Å². The Morgan fingerprint density at radius 2 is 2.00 bits per heavy atom. The van der Waals surface area contributed by atoms with Crippen LogP contribution in [-0.2, 0) is 4.79 Å². The van der Waals surface area contributed by atoms with Crippen molar-refractivity contribution in [2.45, 2.75) is 11.9 Å². The van der Waals surface area contributed by atoms with Gasteiger partial charge in [0.1, 0.15) is 16.2 Å². The van der Waals surface area contributed by atoms with Crippen molar-refractivity contribution in [1.29, 1.82) is 0 Å². The summed E-state index contributed by atoms with van der Waals surface area (Å²) in [5, 5.41) is 8.02. The Labute approximate surface area is 195 Å². The maximum Gasteiger partial charge on any atom is 0.236 e. The summed E-state index contributed by atoms with van der Waals surface area (Å²) in [5.74, 6) is 0.118. The number of thioether (sulfide) groups is 1. The molecule has 0 unspecified atom stereocenters. The van der Waals surface area contributed by atoms with Crippen molar-refractivity contribution in [2.24, 2.45) is 0 Å². The van der Waals surface area contributed by atoms with Gasteiger partial charge in [-0.05, 0) is 42.3 Å². The number of aromatic nitrogens is 3. The Hall–Kier alpha value is -2.52. The van der Waals surface area contributed by atoms with Crippen molar-refractivity contribution in [1.82, 2.24) is 15.0 Å². The quantitative estimate of drug-likeness (QED) is 0.224. The Bertz CT molecular complexity index is 1410. The number of anilines is 1. The molecule has 2 aromatic carbocycles. The zero-order chi connectivity index (χ0) is 21.4. The number of aryl methyl sites for hydroxylation is 1. The fourth-order valence-electron chi connectivity index (χ4n) is 3.18. The lowest BCUT2D eigenvalue weighted by atomic mass is 10.1. The number of fused-ring (bicyclic) bond motifs is 2. The van der Waals surface area contributed by atoms with Crippen LogP contribution in [0.4, 0.5) is 5.13 Å². The number of benzene rings is 2. The van der Waals surface area contributed by atoms with Crippen LogP contribution in [0.3, 0.4) is 0 Å². The van der Waals surface area contributed by atoms with Gasteiger partial charge in [-0.25, -0.2) is 15.0 Å². The van der Waals surface area contributed by atoms with E-state index >= 15 is 0 Å². The van der Waals surface area contributed by atoms with Crippen molar-refractivity contribution in [2.75, 3.05) is 11.1 Å². The van der Waals surface area contributed by atoms with E-state index in [0.717, 1.165) is 42.1 Å². The van der Waals surface area contributed by atoms with Crippen LogP contribution in [0.5, 0.6) is 0 Å². The molecule has 0 atom stereocenters. The van der Waals surface area contributed by atoms with Crippen molar-refractivity contribution in [3.8, 4) is 11.1 Å². The summed E-state index contributed by atoms with van der Waals surface area (Å²) in [5.41, 5.74) is 4.13. The molecule has 0 bridgehead atoms. The Kier molecular flexibility index (Phi) is 5.62. The molecule has 0 saturated carbocycles. The largest absolute Gasteiger partial charge is 0.301 e. The number of thiophene rings is 1. The van der Waals surface area contributed by atoms with Crippen LogP contribution in [0.2, 0.25) is 5.02 Å². The summed E-state index contributed by atoms with van der Waals surface area (Å²) in [6, 6.07) is 13.8. The Morgan fingerprint density at radius 3 is 2.84 bits per heavy atom. The second-order valence-corrected chi connectivity index (χ2v) is 10.1. The smallest absolute Gasteiger partial charge is 0.236 e. The highest BCUT2D eigenvalue weighted by Crippen LogP contribution is 2.38. The second-order valence-electron chi connectivity index (χ2n) is 6.84. The average Bonchev–Trinajstić information content (AvgIpc) is 3.36. The van der Waals surface area contributed by atoms with Gasteiger partial charge in [-0.15, -0.1) is 11.3 Å². The summed E-state index contributed by atoms with van der Waals surface area (Å²) < 4.78 is 1.05. The highest BCUT2D eigenvalue weighted by atomic mass is 35.5. The number of carbonyl (C=O) groups is 1. The molecular weight excluding hydrogens is 468 g/mol. The molecule has 5 aromatic rings. The summed E-state index contributed by atoms with van der Waals surface area (Å²) >= 11 is 10.5. The van der Waals surface area contributed by atoms with Crippen LogP contribution >= 0.6 is 46.0 Å². The maximum absolute atomic E-state index is 12.6. The predicted molar refractivity (Wildman–Crippen MR) is 132 cm³/mol. The molecule has 3 aromatic heterocycles. The molecule has 1 amide bonds. The minimum absolute atomic E-state index is 0.115. The van der Waals surface area contributed by atoms with E-state index in [4.69, 9.17) is 11.6 Å². The van der Waals surface area contributed by atoms with E-state index in [9.17, 15) is 4.79 Å². The van der Waals surface area contributed by atoms with E-state index in [0.29, 0.717) is 10.2 Å². The first-order chi connectivity index (χ1) is 15.1. The van der Waals surface area contributed by atoms with E-state index < -0.39 is 0 Å². The molecule has 0 radical (unpaired) electrons. The Balaban J connectivity index is 1.35. The molecule has 31 heavy (non-hydrogen) atoms. The molecule has 0 aliphatic heterocycles. The minimum atomic E-state index is -0.115. The highest BCUT2D eigenvalue weighted by Gasteiger charge is 2.15. The number of rotatable bonds is 5. The number of carbonyl (C=O) groups excluding carboxylic acids is 1. The van der Waals surface area contributed by atoms with Gasteiger partial charge < -0.3 is 5.32 Å². The summed E-state index contributed by atoms with van der Waals surface area (Å²) in [6.45, 7) is 2.03. The van der Waals surface area contributed by atoms with Gasteiger partial charge in [0, 0.05) is 16.0 Å². The topological polar surface area (TPSA) is 67.8 Å². The molecule has 0 spiro atoms. The molecule has 0 fully saturated rings. The number of thiazole rings is 1. The van der Waals surface area contributed by atoms with Gasteiger partial charge in [0.05, 0.1) is 21.4 Å². The van der Waals surface area contributed by atoms with Gasteiger partial charge >= 0.3 is 0 Å². The van der Waals surface area contributed by atoms with Gasteiger partial charge in [-0.1, -0.05) is 52.9 Å². The number of hydrogen-bond acceptors (Lipinski definition) is 7. The number of halogens is 1. The molecule has 0 aliphatic carbocycles. The predicted octanol–water partition coefficient (Wildman–Crippen LogP) is 6.66. The van der Waals surface area contributed by atoms with Crippen molar-refractivity contribution in [3.63, 3.8) is 0 Å². The average molecular weight is 483 g/mol. The van der Waals surface area contributed by atoms with Gasteiger partial charge in [0.25, 0.3) is 0 Å². The molecule has 1 N–H and O–H groups in total. The fourth-order valence-corrected chi connectivity index (χ4v) is 5.96. The van der Waals surface area contributed by atoms with E-state index in [1.165, 1.54) is 23.1 Å². The van der Waals surface area contributed by atoms with Gasteiger partial charge in [-0.2, -0.15) is 0 Å². The maximum atomic E-state index is 12.6. The molecule has 3 heterocycles. The fraction of sp³-hybridized carbons (Fsp3) is 0.0909. The van der Waals surface area contributed by atoms with Crippen LogP contribution in [0, 0.1) is 6.92 Å². The minimum Gasteiger partial charge on any atom is -0.301 e. The summed E-state index contributed by atoms with van der Waals surface area (Å²) in [7, 11) is 0. The van der Waals surface area contributed by atoms with E-state index in [-0.39, 0.29) is 11.7 Å². The van der Waals surface area contributed by atoms with Crippen LogP contribution in [0.1, 0.15) is 5.56 Å². The Morgan fingerprint density at radius 1 is 1.16 bits per heavy atom. The molecule has 0 saturated heterocycles. The first-order valence-corrected chi connectivity index (χ1v) is 12.4. The normalized spacial score (nSPS) is 11.3. The molecule has 9 heteroatoms. The van der Waals surface area contributed by atoms with E-state index in [1.807, 2.05) is 49.4 Å². The molecule has 5 rings (SSSR count). The van der Waals surface area contributed by atoms with Crippen LogP contribution in [0.25, 0.3) is 31.6 Å². The van der Waals surface area contributed by atoms with E-state index in [2.05, 4.69) is 25.6 Å². The lowest BCUT2D eigenvalue weighted by Gasteiger charge is -2.05. The van der Waals surface area contributed by atoms with E-state index in [1.54, 1.807) is 17.7 Å². The zero-order valence-corrected chi connectivity index (χ0v) is 19.5. The van der Waals surface area contributed by atoms with Crippen molar-refractivity contribution >= 4 is 77.5 Å². The number of nitrogens with one attached hydrogen (secondary N) is 1. The van der Waals surface area contributed by atoms with Gasteiger partial charge in [0.15, 0.2) is 5.13 Å². The number of amides is 1. The zero-order valence-electron chi connectivity index (χ0n) is 16.3. The standard InChI is InChI=1S/C22H15ClN4OS3/c1-12-2-7-17-16(8-12)26-22(31-17)27-18(28)10-30-21-19-15(9-29-20(19)24-11-25-21)13-3-5-14(23)6-4-13/h2-9,11H,10H2,1H3,(H,26,27,28). The lowest BCUT2D eigenvalue weighted by Crippen LogP contribution is -2.13. The molecular formula is C22H15ClN4OS3. The first-order valence-electron chi connectivity index (χ1n) is 9.35. The van der Waals surface area contributed by atoms with Gasteiger partial charge in [0.2, 0.25) is 5.91 Å². The number of nitrogens with zero attached hydrogens (tertiary/aromatic N) is 3. The lowest BCUT2D eigenvalue weighted by molar-refractivity contribution is -0.113. The summed E-state index contributed by atoms with van der Waals surface area (Å²) in [4.78, 5) is 26.8. The van der Waals surface area contributed by atoms with Crippen LogP contribution in [0.15, 0.2) is 59.2 Å². The van der Waals surface area contributed by atoms with Crippen LogP contribution in [-0.4, -0.2) is 26.6 Å². The molecule has 154 valence electrons. The number of hydrogen-bond donors (Lipinski definition) is 1. The molecule has 0 aliphatic rings. The third-order valence-electron chi connectivity index (χ3n) is 4.62. The first kappa shape index (κ1) is 20.4. The highest BCUT2D eigenvalue weighted by molar-refractivity contribution is 8.00.